The Morgan fingerprint density at radius 3 is 2.26 bits per heavy atom. The molecule has 3 aromatic rings. The summed E-state index contributed by atoms with van der Waals surface area (Å²) in [5, 5.41) is 9.45. The second-order valence-corrected chi connectivity index (χ2v) is 5.85. The SMILES string of the molecule is COc1ccc(/C(C#N)=C/c2ccc(OCc3ccccc3F)cc2)cc1. The molecule has 0 aliphatic heterocycles. The Morgan fingerprint density at radius 2 is 1.63 bits per heavy atom. The van der Waals surface area contributed by atoms with Gasteiger partial charge in [0.15, 0.2) is 0 Å². The van der Waals surface area contributed by atoms with Gasteiger partial charge in [-0.3, -0.25) is 0 Å². The highest BCUT2D eigenvalue weighted by molar-refractivity contribution is 5.89. The summed E-state index contributed by atoms with van der Waals surface area (Å²) >= 11 is 0. The van der Waals surface area contributed by atoms with Crippen LogP contribution >= 0.6 is 0 Å². The van der Waals surface area contributed by atoms with Crippen molar-refractivity contribution in [3.63, 3.8) is 0 Å². The van der Waals surface area contributed by atoms with E-state index < -0.39 is 0 Å². The van der Waals surface area contributed by atoms with E-state index in [4.69, 9.17) is 9.47 Å². The van der Waals surface area contributed by atoms with Crippen molar-refractivity contribution in [2.45, 2.75) is 6.61 Å². The van der Waals surface area contributed by atoms with Gasteiger partial charge in [0.1, 0.15) is 23.9 Å². The molecular formula is C23H18FNO2. The molecule has 3 aromatic carbocycles. The van der Waals surface area contributed by atoms with E-state index in [0.717, 1.165) is 16.9 Å². The lowest BCUT2D eigenvalue weighted by Gasteiger charge is -2.07. The molecule has 0 aliphatic rings. The average molecular weight is 359 g/mol. The van der Waals surface area contributed by atoms with Crippen LogP contribution in [0.1, 0.15) is 16.7 Å². The Hall–Kier alpha value is -3.58. The number of nitrogens with zero attached hydrogens (tertiary/aromatic N) is 1. The smallest absolute Gasteiger partial charge is 0.129 e. The first kappa shape index (κ1) is 18.2. The lowest BCUT2D eigenvalue weighted by atomic mass is 10.0. The maximum Gasteiger partial charge on any atom is 0.129 e. The van der Waals surface area contributed by atoms with Crippen LogP contribution in [0.5, 0.6) is 11.5 Å². The maximum atomic E-state index is 13.6. The average Bonchev–Trinajstić information content (AvgIpc) is 2.72. The Kier molecular flexibility index (Phi) is 5.86. The van der Waals surface area contributed by atoms with Crippen LogP contribution in [0.4, 0.5) is 4.39 Å². The Bertz CT molecular complexity index is 971. The van der Waals surface area contributed by atoms with Gasteiger partial charge in [0.05, 0.1) is 18.8 Å². The molecule has 3 rings (SSSR count). The van der Waals surface area contributed by atoms with Crippen LogP contribution < -0.4 is 9.47 Å². The number of nitriles is 1. The molecule has 0 fully saturated rings. The van der Waals surface area contributed by atoms with E-state index in [2.05, 4.69) is 6.07 Å². The largest absolute Gasteiger partial charge is 0.497 e. The predicted molar refractivity (Wildman–Crippen MR) is 104 cm³/mol. The van der Waals surface area contributed by atoms with E-state index in [1.54, 1.807) is 37.4 Å². The van der Waals surface area contributed by atoms with Gasteiger partial charge in [-0.25, -0.2) is 4.39 Å². The topological polar surface area (TPSA) is 42.2 Å². The summed E-state index contributed by atoms with van der Waals surface area (Å²) in [5.74, 6) is 1.10. The first-order valence-electron chi connectivity index (χ1n) is 8.42. The van der Waals surface area contributed by atoms with Crippen LogP contribution in [0, 0.1) is 17.1 Å². The quantitative estimate of drug-likeness (QED) is 0.432. The molecule has 0 atom stereocenters. The highest BCUT2D eigenvalue weighted by Gasteiger charge is 2.04. The van der Waals surface area contributed by atoms with Crippen LogP contribution in [-0.2, 0) is 6.61 Å². The van der Waals surface area contributed by atoms with Gasteiger partial charge in [-0.15, -0.1) is 0 Å². The summed E-state index contributed by atoms with van der Waals surface area (Å²) in [7, 11) is 1.60. The Labute approximate surface area is 157 Å². The molecule has 0 aliphatic carbocycles. The molecule has 0 amide bonds. The summed E-state index contributed by atoms with van der Waals surface area (Å²) in [6.07, 6.45) is 1.81. The van der Waals surface area contributed by atoms with Crippen molar-refractivity contribution in [1.82, 2.24) is 0 Å². The molecule has 0 spiro atoms. The molecule has 134 valence electrons. The maximum absolute atomic E-state index is 13.6. The summed E-state index contributed by atoms with van der Waals surface area (Å²) in [6.45, 7) is 0.164. The van der Waals surface area contributed by atoms with Crippen LogP contribution in [-0.4, -0.2) is 7.11 Å². The van der Waals surface area contributed by atoms with E-state index in [0.29, 0.717) is 16.9 Å². The van der Waals surface area contributed by atoms with Gasteiger partial charge in [0.2, 0.25) is 0 Å². The first-order valence-corrected chi connectivity index (χ1v) is 8.42. The third kappa shape index (κ3) is 4.74. The second-order valence-electron chi connectivity index (χ2n) is 5.85. The van der Waals surface area contributed by atoms with Gasteiger partial charge >= 0.3 is 0 Å². The standard InChI is InChI=1S/C23H18FNO2/c1-26-21-12-8-18(9-13-21)20(15-25)14-17-6-10-22(11-7-17)27-16-19-4-2-3-5-23(19)24/h2-14H,16H2,1H3/b20-14+. The van der Waals surface area contributed by atoms with Gasteiger partial charge in [-0.1, -0.05) is 30.3 Å². The molecule has 3 nitrogen and oxygen atoms in total. The molecule has 27 heavy (non-hydrogen) atoms. The van der Waals surface area contributed by atoms with Crippen molar-refractivity contribution in [2.24, 2.45) is 0 Å². The third-order valence-corrected chi connectivity index (χ3v) is 4.06. The van der Waals surface area contributed by atoms with E-state index in [1.807, 2.05) is 42.5 Å². The zero-order valence-electron chi connectivity index (χ0n) is 14.9. The van der Waals surface area contributed by atoms with Crippen molar-refractivity contribution in [2.75, 3.05) is 7.11 Å². The minimum atomic E-state index is -0.282. The fourth-order valence-corrected chi connectivity index (χ4v) is 2.55. The van der Waals surface area contributed by atoms with Gasteiger partial charge in [-0.05, 0) is 59.7 Å². The number of rotatable bonds is 6. The molecule has 0 aromatic heterocycles. The van der Waals surface area contributed by atoms with E-state index in [9.17, 15) is 9.65 Å². The highest BCUT2D eigenvalue weighted by atomic mass is 19.1. The Morgan fingerprint density at radius 1 is 0.963 bits per heavy atom. The van der Waals surface area contributed by atoms with Crippen molar-refractivity contribution in [1.29, 1.82) is 5.26 Å². The molecule has 0 heterocycles. The number of hydrogen-bond donors (Lipinski definition) is 0. The molecule has 0 unspecified atom stereocenters. The summed E-state index contributed by atoms with van der Waals surface area (Å²) < 4.78 is 24.4. The highest BCUT2D eigenvalue weighted by Crippen LogP contribution is 2.22. The molecule has 0 saturated carbocycles. The number of ether oxygens (including phenoxy) is 2. The summed E-state index contributed by atoms with van der Waals surface area (Å²) in [4.78, 5) is 0. The van der Waals surface area contributed by atoms with Crippen LogP contribution in [0.3, 0.4) is 0 Å². The van der Waals surface area contributed by atoms with Crippen LogP contribution in [0.25, 0.3) is 11.6 Å². The fraction of sp³-hybridized carbons (Fsp3) is 0.0870. The molecule has 4 heteroatoms. The first-order chi connectivity index (χ1) is 13.2. The molecule has 0 N–H and O–H groups in total. The molecular weight excluding hydrogens is 341 g/mol. The van der Waals surface area contributed by atoms with Crippen LogP contribution in [0.2, 0.25) is 0 Å². The van der Waals surface area contributed by atoms with Crippen molar-refractivity contribution >= 4 is 11.6 Å². The number of methoxy groups -OCH3 is 1. The number of halogens is 1. The van der Waals surface area contributed by atoms with Gasteiger partial charge in [-0.2, -0.15) is 5.26 Å². The van der Waals surface area contributed by atoms with E-state index >= 15 is 0 Å². The lowest BCUT2D eigenvalue weighted by molar-refractivity contribution is 0.300. The zero-order valence-corrected chi connectivity index (χ0v) is 14.9. The monoisotopic (exact) mass is 359 g/mol. The lowest BCUT2D eigenvalue weighted by Crippen LogP contribution is -1.98. The fourth-order valence-electron chi connectivity index (χ4n) is 2.55. The van der Waals surface area contributed by atoms with E-state index in [-0.39, 0.29) is 12.4 Å². The minimum absolute atomic E-state index is 0.164. The van der Waals surface area contributed by atoms with E-state index in [1.165, 1.54) is 6.07 Å². The summed E-state index contributed by atoms with van der Waals surface area (Å²) in [6, 6.07) is 23.4. The van der Waals surface area contributed by atoms with Crippen molar-refractivity contribution < 1.29 is 13.9 Å². The van der Waals surface area contributed by atoms with Crippen molar-refractivity contribution in [3.8, 4) is 17.6 Å². The zero-order chi connectivity index (χ0) is 19.1. The van der Waals surface area contributed by atoms with Gasteiger partial charge in [0, 0.05) is 5.56 Å². The van der Waals surface area contributed by atoms with Gasteiger partial charge in [0.25, 0.3) is 0 Å². The third-order valence-electron chi connectivity index (χ3n) is 4.06. The van der Waals surface area contributed by atoms with Crippen molar-refractivity contribution in [3.05, 3.63) is 95.3 Å². The molecule has 0 radical (unpaired) electrons. The predicted octanol–water partition coefficient (Wildman–Crippen LogP) is 5.48. The minimum Gasteiger partial charge on any atom is -0.497 e. The summed E-state index contributed by atoms with van der Waals surface area (Å²) in [5.41, 5.74) is 2.75. The number of allylic oxidation sites excluding steroid dienone is 1. The normalized spacial score (nSPS) is 10.9. The Balaban J connectivity index is 1.71. The van der Waals surface area contributed by atoms with Gasteiger partial charge < -0.3 is 9.47 Å². The second kappa shape index (κ2) is 8.68. The number of hydrogen-bond acceptors (Lipinski definition) is 3. The molecule has 0 saturated heterocycles. The number of benzene rings is 3. The van der Waals surface area contributed by atoms with Crippen LogP contribution in [0.15, 0.2) is 72.8 Å². The molecule has 0 bridgehead atoms.